The van der Waals surface area contributed by atoms with Crippen LogP contribution in [-0.4, -0.2) is 42.7 Å². The molecule has 5 heteroatoms. The summed E-state index contributed by atoms with van der Waals surface area (Å²) in [6.07, 6.45) is 0.138. The van der Waals surface area contributed by atoms with Crippen LogP contribution in [0.4, 0.5) is 0 Å². The van der Waals surface area contributed by atoms with Crippen molar-refractivity contribution in [1.82, 2.24) is 15.2 Å². The second kappa shape index (κ2) is 6.98. The van der Waals surface area contributed by atoms with E-state index in [4.69, 9.17) is 9.72 Å². The molecule has 1 aromatic heterocycles. The Morgan fingerprint density at radius 1 is 1.40 bits per heavy atom. The standard InChI is InChI=1S/C15H27N3OS/c1-10(2)14-13(8-16-5)20-15(17-14)12-9-18(11(3)4)6-7-19-12/h10-12,16H,6-9H2,1-5H3. The topological polar surface area (TPSA) is 37.4 Å². The fourth-order valence-corrected chi connectivity index (χ4v) is 3.82. The van der Waals surface area contributed by atoms with Crippen LogP contribution in [0.3, 0.4) is 0 Å². The molecule has 0 bridgehead atoms. The summed E-state index contributed by atoms with van der Waals surface area (Å²) in [5.41, 5.74) is 1.23. The molecule has 0 aliphatic carbocycles. The van der Waals surface area contributed by atoms with Gasteiger partial charge in [0.25, 0.3) is 0 Å². The van der Waals surface area contributed by atoms with Crippen LogP contribution in [0.2, 0.25) is 0 Å². The molecule has 1 aliphatic heterocycles. The molecule has 1 fully saturated rings. The van der Waals surface area contributed by atoms with Crippen molar-refractivity contribution in [3.63, 3.8) is 0 Å². The molecule has 0 amide bonds. The highest BCUT2D eigenvalue weighted by molar-refractivity contribution is 7.11. The van der Waals surface area contributed by atoms with E-state index in [-0.39, 0.29) is 6.10 Å². The number of ether oxygens (including phenoxy) is 1. The zero-order chi connectivity index (χ0) is 14.7. The van der Waals surface area contributed by atoms with E-state index < -0.39 is 0 Å². The maximum atomic E-state index is 5.96. The van der Waals surface area contributed by atoms with Crippen LogP contribution in [0.25, 0.3) is 0 Å². The second-order valence-corrected chi connectivity index (χ2v) is 7.11. The van der Waals surface area contributed by atoms with Gasteiger partial charge >= 0.3 is 0 Å². The van der Waals surface area contributed by atoms with E-state index in [0.717, 1.165) is 31.2 Å². The van der Waals surface area contributed by atoms with Crippen molar-refractivity contribution in [2.75, 3.05) is 26.7 Å². The Kier molecular flexibility index (Phi) is 5.55. The van der Waals surface area contributed by atoms with Crippen molar-refractivity contribution in [3.05, 3.63) is 15.6 Å². The first-order valence-corrected chi connectivity index (χ1v) is 8.34. The third kappa shape index (κ3) is 3.58. The number of nitrogens with one attached hydrogen (secondary N) is 1. The van der Waals surface area contributed by atoms with E-state index in [9.17, 15) is 0 Å². The molecule has 1 unspecified atom stereocenters. The van der Waals surface area contributed by atoms with E-state index in [1.807, 2.05) is 18.4 Å². The maximum absolute atomic E-state index is 5.96. The molecule has 1 aliphatic rings. The van der Waals surface area contributed by atoms with Gasteiger partial charge < -0.3 is 10.1 Å². The molecular formula is C15H27N3OS. The SMILES string of the molecule is CNCc1sc(C2CN(C(C)C)CCO2)nc1C(C)C. The first kappa shape index (κ1) is 15.9. The molecule has 2 heterocycles. The molecule has 2 rings (SSSR count). The van der Waals surface area contributed by atoms with Gasteiger partial charge in [0.15, 0.2) is 0 Å². The molecule has 1 N–H and O–H groups in total. The predicted octanol–water partition coefficient (Wildman–Crippen LogP) is 2.77. The summed E-state index contributed by atoms with van der Waals surface area (Å²) in [6, 6.07) is 0.572. The van der Waals surface area contributed by atoms with Crippen LogP contribution in [-0.2, 0) is 11.3 Å². The number of hydrogen-bond donors (Lipinski definition) is 1. The van der Waals surface area contributed by atoms with Gasteiger partial charge in [-0.25, -0.2) is 4.98 Å². The van der Waals surface area contributed by atoms with Gasteiger partial charge in [-0.3, -0.25) is 4.90 Å². The van der Waals surface area contributed by atoms with Gasteiger partial charge in [-0.05, 0) is 26.8 Å². The molecule has 114 valence electrons. The number of aromatic nitrogens is 1. The Morgan fingerprint density at radius 2 is 2.15 bits per heavy atom. The van der Waals surface area contributed by atoms with Crippen LogP contribution >= 0.6 is 11.3 Å². The summed E-state index contributed by atoms with van der Waals surface area (Å²) in [4.78, 5) is 8.70. The summed E-state index contributed by atoms with van der Waals surface area (Å²) in [7, 11) is 1.99. The number of thiazole rings is 1. The predicted molar refractivity (Wildman–Crippen MR) is 84.4 cm³/mol. The monoisotopic (exact) mass is 297 g/mol. The molecule has 1 atom stereocenters. The first-order chi connectivity index (χ1) is 9.52. The summed E-state index contributed by atoms with van der Waals surface area (Å²) in [6.45, 7) is 12.6. The summed E-state index contributed by atoms with van der Waals surface area (Å²) < 4.78 is 5.96. The van der Waals surface area contributed by atoms with Crippen LogP contribution in [0.1, 0.15) is 55.3 Å². The number of morpholine rings is 1. The fourth-order valence-electron chi connectivity index (χ4n) is 2.55. The van der Waals surface area contributed by atoms with Crippen molar-refractivity contribution in [3.8, 4) is 0 Å². The number of nitrogens with zero attached hydrogens (tertiary/aromatic N) is 2. The van der Waals surface area contributed by atoms with Gasteiger partial charge in [-0.1, -0.05) is 13.8 Å². The lowest BCUT2D eigenvalue weighted by atomic mass is 10.1. The number of hydrogen-bond acceptors (Lipinski definition) is 5. The Bertz CT molecular complexity index is 431. The quantitative estimate of drug-likeness (QED) is 0.907. The molecular weight excluding hydrogens is 270 g/mol. The molecule has 0 radical (unpaired) electrons. The smallest absolute Gasteiger partial charge is 0.123 e. The first-order valence-electron chi connectivity index (χ1n) is 7.52. The van der Waals surface area contributed by atoms with Crippen molar-refractivity contribution < 1.29 is 4.74 Å². The van der Waals surface area contributed by atoms with Crippen LogP contribution in [0, 0.1) is 0 Å². The largest absolute Gasteiger partial charge is 0.368 e. The van der Waals surface area contributed by atoms with Gasteiger partial charge in [0, 0.05) is 30.6 Å². The lowest BCUT2D eigenvalue weighted by Gasteiger charge is -2.34. The summed E-state index contributed by atoms with van der Waals surface area (Å²) in [5.74, 6) is 0.466. The number of rotatable bonds is 5. The van der Waals surface area contributed by atoms with Gasteiger partial charge in [0.2, 0.25) is 0 Å². The van der Waals surface area contributed by atoms with E-state index >= 15 is 0 Å². The van der Waals surface area contributed by atoms with E-state index in [2.05, 4.69) is 37.9 Å². The molecule has 20 heavy (non-hydrogen) atoms. The Labute approximate surface area is 126 Å². The Balaban J connectivity index is 2.17. The second-order valence-electron chi connectivity index (χ2n) is 5.99. The lowest BCUT2D eigenvalue weighted by Crippen LogP contribution is -2.42. The lowest BCUT2D eigenvalue weighted by molar-refractivity contribution is -0.0403. The Hall–Kier alpha value is -0.490. The minimum absolute atomic E-state index is 0.138. The normalized spacial score (nSPS) is 21.1. The van der Waals surface area contributed by atoms with E-state index in [1.165, 1.54) is 10.6 Å². The molecule has 1 aromatic rings. The van der Waals surface area contributed by atoms with E-state index in [1.54, 1.807) is 0 Å². The van der Waals surface area contributed by atoms with Crippen LogP contribution in [0.5, 0.6) is 0 Å². The van der Waals surface area contributed by atoms with E-state index in [0.29, 0.717) is 12.0 Å². The minimum Gasteiger partial charge on any atom is -0.368 e. The summed E-state index contributed by atoms with van der Waals surface area (Å²) in [5, 5.41) is 4.38. The van der Waals surface area contributed by atoms with Crippen LogP contribution in [0.15, 0.2) is 0 Å². The van der Waals surface area contributed by atoms with Gasteiger partial charge in [0.05, 0.1) is 12.3 Å². The van der Waals surface area contributed by atoms with Crippen molar-refractivity contribution in [2.45, 2.75) is 52.3 Å². The maximum Gasteiger partial charge on any atom is 0.123 e. The molecule has 4 nitrogen and oxygen atoms in total. The highest BCUT2D eigenvalue weighted by Gasteiger charge is 2.27. The minimum atomic E-state index is 0.138. The third-order valence-corrected chi connectivity index (χ3v) is 4.90. The van der Waals surface area contributed by atoms with Gasteiger partial charge in [0.1, 0.15) is 11.1 Å². The van der Waals surface area contributed by atoms with Crippen molar-refractivity contribution in [2.24, 2.45) is 0 Å². The molecule has 0 aromatic carbocycles. The third-order valence-electron chi connectivity index (χ3n) is 3.73. The highest BCUT2D eigenvalue weighted by Crippen LogP contribution is 2.32. The highest BCUT2D eigenvalue weighted by atomic mass is 32.1. The zero-order valence-electron chi connectivity index (χ0n) is 13.3. The van der Waals surface area contributed by atoms with Crippen molar-refractivity contribution in [1.29, 1.82) is 0 Å². The summed E-state index contributed by atoms with van der Waals surface area (Å²) >= 11 is 1.81. The van der Waals surface area contributed by atoms with Crippen molar-refractivity contribution >= 4 is 11.3 Å². The van der Waals surface area contributed by atoms with Gasteiger partial charge in [-0.15, -0.1) is 11.3 Å². The molecule has 0 saturated carbocycles. The average molecular weight is 297 g/mol. The van der Waals surface area contributed by atoms with Gasteiger partial charge in [-0.2, -0.15) is 0 Å². The Morgan fingerprint density at radius 3 is 2.75 bits per heavy atom. The zero-order valence-corrected chi connectivity index (χ0v) is 14.1. The van der Waals surface area contributed by atoms with Crippen LogP contribution < -0.4 is 5.32 Å². The fraction of sp³-hybridized carbons (Fsp3) is 0.800. The molecule has 1 saturated heterocycles. The molecule has 0 spiro atoms. The average Bonchev–Trinajstić information content (AvgIpc) is 2.83.